The second-order valence-electron chi connectivity index (χ2n) is 5.85. The van der Waals surface area contributed by atoms with Gasteiger partial charge in [-0.3, -0.25) is 0 Å². The van der Waals surface area contributed by atoms with Gasteiger partial charge >= 0.3 is 0 Å². The van der Waals surface area contributed by atoms with E-state index in [1.54, 1.807) is 0 Å². The first-order valence-electron chi connectivity index (χ1n) is 7.64. The van der Waals surface area contributed by atoms with Crippen molar-refractivity contribution < 1.29 is 0 Å². The lowest BCUT2D eigenvalue weighted by molar-refractivity contribution is 0.496. The van der Waals surface area contributed by atoms with Crippen LogP contribution < -0.4 is 5.32 Å². The van der Waals surface area contributed by atoms with Crippen LogP contribution in [0.4, 0.5) is 5.69 Å². The summed E-state index contributed by atoms with van der Waals surface area (Å²) in [7, 11) is 4.20. The molecule has 4 rings (SSSR count). The molecule has 0 fully saturated rings. The van der Waals surface area contributed by atoms with E-state index in [0.29, 0.717) is 0 Å². The molecule has 0 saturated heterocycles. The summed E-state index contributed by atoms with van der Waals surface area (Å²) in [5.74, 6) is 0. The van der Waals surface area contributed by atoms with Gasteiger partial charge in [0.15, 0.2) is 0 Å². The summed E-state index contributed by atoms with van der Waals surface area (Å²) in [6, 6.07) is 8.65. The third-order valence-electron chi connectivity index (χ3n) is 4.81. The fourth-order valence-electron chi connectivity index (χ4n) is 3.70. The number of rotatable bonds is 2. The number of benzene rings is 1. The minimum absolute atomic E-state index is 1.06. The van der Waals surface area contributed by atoms with Crippen LogP contribution in [0.25, 0.3) is 5.57 Å². The number of para-hydroxylation sites is 1. The monoisotopic (exact) mass is 276 g/mol. The number of likely N-dealkylation sites (N-methyl/N-ethyl adjacent to an activating group) is 1. The first-order chi connectivity index (χ1) is 10.3. The fourth-order valence-corrected chi connectivity index (χ4v) is 3.70. The summed E-state index contributed by atoms with van der Waals surface area (Å²) in [6.07, 6.45) is 10.3. The van der Waals surface area contributed by atoms with Crippen LogP contribution in [0.2, 0.25) is 0 Å². The van der Waals surface area contributed by atoms with Crippen molar-refractivity contribution in [2.45, 2.75) is 19.3 Å². The minimum atomic E-state index is 1.06. The standard InChI is InChI=1S/C19H20N2/c1-20-18-8-4-3-6-15(18)14-11-10-13-12-17(14)16-7-5-9-19(16)21(13)2/h3-6,8-9,12,20H,7,10-11H2,1-2H3. The van der Waals surface area contributed by atoms with Crippen molar-refractivity contribution in [1.82, 2.24) is 4.90 Å². The predicted molar refractivity (Wildman–Crippen MR) is 88.8 cm³/mol. The number of nitrogens with one attached hydrogen (secondary N) is 1. The molecule has 1 aliphatic heterocycles. The molecule has 0 unspecified atom stereocenters. The van der Waals surface area contributed by atoms with Gasteiger partial charge in [-0.25, -0.2) is 0 Å². The number of anilines is 1. The quantitative estimate of drug-likeness (QED) is 0.865. The van der Waals surface area contributed by atoms with E-state index in [4.69, 9.17) is 0 Å². The molecule has 1 aromatic carbocycles. The fraction of sp³-hybridized carbons (Fsp3) is 0.263. The predicted octanol–water partition coefficient (Wildman–Crippen LogP) is 4.32. The van der Waals surface area contributed by atoms with Crippen molar-refractivity contribution in [1.29, 1.82) is 0 Å². The van der Waals surface area contributed by atoms with Crippen LogP contribution in [0.5, 0.6) is 0 Å². The number of hydrogen-bond acceptors (Lipinski definition) is 2. The number of fused-ring (bicyclic) bond motifs is 2. The van der Waals surface area contributed by atoms with E-state index in [9.17, 15) is 0 Å². The van der Waals surface area contributed by atoms with Crippen LogP contribution in [-0.4, -0.2) is 19.0 Å². The second kappa shape index (κ2) is 4.66. The van der Waals surface area contributed by atoms with E-state index in [-0.39, 0.29) is 0 Å². The van der Waals surface area contributed by atoms with Crippen molar-refractivity contribution in [3.63, 3.8) is 0 Å². The highest BCUT2D eigenvalue weighted by Crippen LogP contribution is 2.45. The van der Waals surface area contributed by atoms with Gasteiger partial charge in [-0.1, -0.05) is 24.3 Å². The highest BCUT2D eigenvalue weighted by molar-refractivity contribution is 5.84. The maximum atomic E-state index is 3.34. The summed E-state index contributed by atoms with van der Waals surface area (Å²) in [6.45, 7) is 0. The Labute approximate surface area is 126 Å². The Balaban J connectivity index is 1.92. The SMILES string of the molecule is CNc1ccccc1C1=C2C=C(CC1)N(C)C1=C2CC=C1. The van der Waals surface area contributed by atoms with Gasteiger partial charge in [0.2, 0.25) is 0 Å². The Bertz CT molecular complexity index is 732. The van der Waals surface area contributed by atoms with Crippen LogP contribution in [0.3, 0.4) is 0 Å². The average Bonchev–Trinajstić information content (AvgIpc) is 3.02. The molecule has 1 N–H and O–H groups in total. The maximum Gasteiger partial charge on any atom is 0.0444 e. The zero-order valence-electron chi connectivity index (χ0n) is 12.6. The first kappa shape index (κ1) is 12.5. The Morgan fingerprint density at radius 2 is 1.95 bits per heavy atom. The van der Waals surface area contributed by atoms with E-state index in [1.165, 1.54) is 39.4 Å². The molecule has 2 heteroatoms. The third-order valence-corrected chi connectivity index (χ3v) is 4.81. The summed E-state index contributed by atoms with van der Waals surface area (Å²) < 4.78 is 0. The van der Waals surface area contributed by atoms with Crippen LogP contribution in [0.1, 0.15) is 24.8 Å². The lowest BCUT2D eigenvalue weighted by Crippen LogP contribution is -2.23. The van der Waals surface area contributed by atoms with Crippen molar-refractivity contribution >= 4 is 11.3 Å². The van der Waals surface area contributed by atoms with Gasteiger partial charge in [-0.05, 0) is 54.2 Å². The Hall–Kier alpha value is -2.22. The topological polar surface area (TPSA) is 15.3 Å². The normalized spacial score (nSPS) is 19.9. The minimum Gasteiger partial charge on any atom is -0.388 e. The molecule has 2 nitrogen and oxygen atoms in total. The molecule has 0 atom stereocenters. The van der Waals surface area contributed by atoms with Crippen LogP contribution in [0.15, 0.2) is 65.0 Å². The van der Waals surface area contributed by atoms with Crippen molar-refractivity contribution in [2.75, 3.05) is 19.4 Å². The zero-order chi connectivity index (χ0) is 14.4. The van der Waals surface area contributed by atoms with E-state index in [1.807, 2.05) is 7.05 Å². The molecular formula is C19H20N2. The molecule has 2 aliphatic carbocycles. The number of nitrogens with zero attached hydrogens (tertiary/aromatic N) is 1. The van der Waals surface area contributed by atoms with Crippen LogP contribution in [-0.2, 0) is 0 Å². The summed E-state index contributed by atoms with van der Waals surface area (Å²) in [5.41, 5.74) is 9.85. The van der Waals surface area contributed by atoms with Gasteiger partial charge in [-0.15, -0.1) is 0 Å². The second-order valence-corrected chi connectivity index (χ2v) is 5.85. The van der Waals surface area contributed by atoms with Gasteiger partial charge in [0.05, 0.1) is 0 Å². The van der Waals surface area contributed by atoms with E-state index in [0.717, 1.165) is 19.3 Å². The lowest BCUT2D eigenvalue weighted by Gasteiger charge is -2.34. The molecule has 3 aliphatic rings. The average molecular weight is 276 g/mol. The molecular weight excluding hydrogens is 256 g/mol. The van der Waals surface area contributed by atoms with Crippen LogP contribution >= 0.6 is 0 Å². The summed E-state index contributed by atoms with van der Waals surface area (Å²) >= 11 is 0. The third kappa shape index (κ3) is 1.79. The molecule has 1 heterocycles. The molecule has 0 spiro atoms. The smallest absolute Gasteiger partial charge is 0.0444 e. The van der Waals surface area contributed by atoms with Crippen molar-refractivity contribution in [3.8, 4) is 0 Å². The number of hydrogen-bond donors (Lipinski definition) is 1. The van der Waals surface area contributed by atoms with Crippen LogP contribution in [0, 0.1) is 0 Å². The number of allylic oxidation sites excluding steroid dienone is 7. The molecule has 1 aromatic rings. The molecule has 21 heavy (non-hydrogen) atoms. The Morgan fingerprint density at radius 1 is 1.10 bits per heavy atom. The largest absolute Gasteiger partial charge is 0.388 e. The van der Waals surface area contributed by atoms with Gasteiger partial charge in [-0.2, -0.15) is 0 Å². The van der Waals surface area contributed by atoms with Crippen molar-refractivity contribution in [2.24, 2.45) is 0 Å². The molecule has 2 bridgehead atoms. The van der Waals surface area contributed by atoms with Gasteiger partial charge in [0.1, 0.15) is 0 Å². The Kier molecular flexibility index (Phi) is 2.78. The molecule has 106 valence electrons. The zero-order valence-corrected chi connectivity index (χ0v) is 12.6. The van der Waals surface area contributed by atoms with E-state index < -0.39 is 0 Å². The Morgan fingerprint density at radius 3 is 2.81 bits per heavy atom. The molecule has 0 amide bonds. The van der Waals surface area contributed by atoms with Gasteiger partial charge in [0.25, 0.3) is 0 Å². The molecule has 0 radical (unpaired) electrons. The highest BCUT2D eigenvalue weighted by Gasteiger charge is 2.29. The summed E-state index contributed by atoms with van der Waals surface area (Å²) in [4.78, 5) is 2.36. The van der Waals surface area contributed by atoms with Crippen molar-refractivity contribution in [3.05, 3.63) is 70.6 Å². The highest BCUT2D eigenvalue weighted by atomic mass is 15.1. The molecule has 0 aromatic heterocycles. The lowest BCUT2D eigenvalue weighted by atomic mass is 9.83. The van der Waals surface area contributed by atoms with E-state index in [2.05, 4.69) is 59.8 Å². The first-order valence-corrected chi connectivity index (χ1v) is 7.64. The maximum absolute atomic E-state index is 3.34. The molecule has 0 saturated carbocycles. The van der Waals surface area contributed by atoms with Gasteiger partial charge < -0.3 is 10.2 Å². The summed E-state index contributed by atoms with van der Waals surface area (Å²) in [5, 5.41) is 3.34. The van der Waals surface area contributed by atoms with E-state index >= 15 is 0 Å². The van der Waals surface area contributed by atoms with Gasteiger partial charge in [0, 0.05) is 36.7 Å².